The molecule has 0 atom stereocenters. The summed E-state index contributed by atoms with van der Waals surface area (Å²) in [4.78, 5) is 0. The maximum atomic E-state index is 14.0. The minimum atomic E-state index is -0.423. The van der Waals surface area contributed by atoms with E-state index in [1.165, 1.54) is 18.2 Å². The first-order chi connectivity index (χ1) is 10.1. The van der Waals surface area contributed by atoms with E-state index >= 15 is 0 Å². The molecule has 0 bridgehead atoms. The first kappa shape index (κ1) is 15.4. The summed E-state index contributed by atoms with van der Waals surface area (Å²) in [7, 11) is 0. The van der Waals surface area contributed by atoms with Crippen molar-refractivity contribution in [2.45, 2.75) is 26.8 Å². The molecule has 0 radical (unpaired) electrons. The van der Waals surface area contributed by atoms with Crippen molar-refractivity contribution in [3.8, 4) is 11.5 Å². The molecule has 4 heteroatoms. The summed E-state index contributed by atoms with van der Waals surface area (Å²) < 4.78 is 32.6. The van der Waals surface area contributed by atoms with Crippen molar-refractivity contribution in [1.29, 1.82) is 0 Å². The Morgan fingerprint density at radius 2 is 1.86 bits per heavy atom. The predicted molar refractivity (Wildman–Crippen MR) is 79.6 cm³/mol. The Morgan fingerprint density at radius 1 is 1.05 bits per heavy atom. The molecule has 0 aliphatic carbocycles. The number of hydrogen-bond acceptors (Lipinski definition) is 2. The van der Waals surface area contributed by atoms with Crippen LogP contribution in [0.2, 0.25) is 0 Å². The summed E-state index contributed by atoms with van der Waals surface area (Å²) in [6.07, 6.45) is 1.04. The van der Waals surface area contributed by atoms with Crippen LogP contribution in [0.3, 0.4) is 0 Å². The molecule has 2 aromatic rings. The van der Waals surface area contributed by atoms with E-state index < -0.39 is 5.82 Å². The van der Waals surface area contributed by atoms with Crippen molar-refractivity contribution >= 4 is 0 Å². The summed E-state index contributed by atoms with van der Waals surface area (Å²) in [6, 6.07) is 9.21. The molecule has 0 aliphatic rings. The van der Waals surface area contributed by atoms with E-state index in [4.69, 9.17) is 4.74 Å². The summed E-state index contributed by atoms with van der Waals surface area (Å²) in [6.45, 7) is 5.24. The second-order valence-electron chi connectivity index (χ2n) is 4.95. The number of benzene rings is 2. The van der Waals surface area contributed by atoms with Gasteiger partial charge in [-0.3, -0.25) is 0 Å². The van der Waals surface area contributed by atoms with E-state index in [1.54, 1.807) is 19.1 Å². The first-order valence-electron chi connectivity index (χ1n) is 7.03. The molecule has 0 aliphatic heterocycles. The van der Waals surface area contributed by atoms with Crippen LogP contribution < -0.4 is 10.1 Å². The van der Waals surface area contributed by atoms with Crippen LogP contribution in [0.1, 0.15) is 24.5 Å². The molecule has 1 N–H and O–H groups in total. The van der Waals surface area contributed by atoms with Crippen molar-refractivity contribution in [2.75, 3.05) is 6.54 Å². The summed E-state index contributed by atoms with van der Waals surface area (Å²) in [5.74, 6) is -0.169. The maximum absolute atomic E-state index is 14.0. The molecule has 0 heterocycles. The lowest BCUT2D eigenvalue weighted by Gasteiger charge is -2.10. The highest BCUT2D eigenvalue weighted by Crippen LogP contribution is 2.26. The highest BCUT2D eigenvalue weighted by Gasteiger charge is 2.07. The lowest BCUT2D eigenvalue weighted by molar-refractivity contribution is 0.439. The molecule has 2 aromatic carbocycles. The molecular weight excluding hydrogens is 272 g/mol. The summed E-state index contributed by atoms with van der Waals surface area (Å²) in [5, 5.41) is 3.21. The summed E-state index contributed by atoms with van der Waals surface area (Å²) in [5.41, 5.74) is 1.33. The van der Waals surface area contributed by atoms with Gasteiger partial charge in [-0.15, -0.1) is 0 Å². The third-order valence-corrected chi connectivity index (χ3v) is 3.11. The van der Waals surface area contributed by atoms with Crippen molar-refractivity contribution in [2.24, 2.45) is 0 Å². The monoisotopic (exact) mass is 291 g/mol. The van der Waals surface area contributed by atoms with Crippen molar-refractivity contribution in [3.63, 3.8) is 0 Å². The van der Waals surface area contributed by atoms with Crippen LogP contribution in [0.4, 0.5) is 8.78 Å². The van der Waals surface area contributed by atoms with E-state index in [9.17, 15) is 8.78 Å². The second kappa shape index (κ2) is 7.18. The Morgan fingerprint density at radius 3 is 2.52 bits per heavy atom. The Bertz CT molecular complexity index is 614. The van der Waals surface area contributed by atoms with Crippen molar-refractivity contribution in [3.05, 3.63) is 59.2 Å². The van der Waals surface area contributed by atoms with Gasteiger partial charge in [0.1, 0.15) is 11.6 Å². The topological polar surface area (TPSA) is 21.3 Å². The van der Waals surface area contributed by atoms with Gasteiger partial charge >= 0.3 is 0 Å². The number of hydrogen-bond donors (Lipinski definition) is 1. The zero-order valence-corrected chi connectivity index (χ0v) is 12.2. The van der Waals surface area contributed by atoms with E-state index in [1.807, 2.05) is 6.07 Å². The van der Waals surface area contributed by atoms with Crippen LogP contribution in [0.5, 0.6) is 11.5 Å². The number of aryl methyl sites for hydroxylation is 1. The number of ether oxygens (including phenoxy) is 1. The molecule has 0 saturated heterocycles. The number of nitrogens with one attached hydrogen (secondary N) is 1. The Hall–Kier alpha value is -1.94. The van der Waals surface area contributed by atoms with Gasteiger partial charge in [0.15, 0.2) is 11.6 Å². The quantitative estimate of drug-likeness (QED) is 0.787. The molecule has 0 saturated carbocycles. The fraction of sp³-hybridized carbons (Fsp3) is 0.294. The number of rotatable bonds is 6. The van der Waals surface area contributed by atoms with Gasteiger partial charge in [0.25, 0.3) is 0 Å². The Kier molecular flexibility index (Phi) is 5.28. The zero-order valence-electron chi connectivity index (χ0n) is 12.2. The van der Waals surface area contributed by atoms with Gasteiger partial charge in [0, 0.05) is 6.54 Å². The maximum Gasteiger partial charge on any atom is 0.166 e. The molecule has 21 heavy (non-hydrogen) atoms. The van der Waals surface area contributed by atoms with Gasteiger partial charge in [-0.2, -0.15) is 0 Å². The van der Waals surface area contributed by atoms with E-state index in [2.05, 4.69) is 12.2 Å². The van der Waals surface area contributed by atoms with Crippen LogP contribution in [-0.4, -0.2) is 6.54 Å². The fourth-order valence-electron chi connectivity index (χ4n) is 1.95. The van der Waals surface area contributed by atoms with Crippen LogP contribution in [-0.2, 0) is 6.54 Å². The van der Waals surface area contributed by atoms with E-state index in [0.29, 0.717) is 17.9 Å². The van der Waals surface area contributed by atoms with E-state index in [-0.39, 0.29) is 11.6 Å². The van der Waals surface area contributed by atoms with Gasteiger partial charge in [0.05, 0.1) is 0 Å². The first-order valence-corrected chi connectivity index (χ1v) is 7.03. The lowest BCUT2D eigenvalue weighted by Crippen LogP contribution is -2.13. The fourth-order valence-corrected chi connectivity index (χ4v) is 1.95. The molecule has 0 unspecified atom stereocenters. The largest absolute Gasteiger partial charge is 0.454 e. The standard InChI is InChI=1S/C17H19F2NO/c1-3-8-20-11-13-4-7-17(16(19)10-13)21-14-5-6-15(18)12(2)9-14/h4-7,9-10,20H,3,8,11H2,1-2H3. The van der Waals surface area contributed by atoms with E-state index in [0.717, 1.165) is 18.5 Å². The van der Waals surface area contributed by atoms with Gasteiger partial charge in [-0.1, -0.05) is 13.0 Å². The molecule has 0 fully saturated rings. The van der Waals surface area contributed by atoms with Gasteiger partial charge in [-0.25, -0.2) is 8.78 Å². The van der Waals surface area contributed by atoms with Crippen LogP contribution in [0.15, 0.2) is 36.4 Å². The molecule has 0 aromatic heterocycles. The van der Waals surface area contributed by atoms with Crippen LogP contribution in [0.25, 0.3) is 0 Å². The minimum absolute atomic E-state index is 0.139. The minimum Gasteiger partial charge on any atom is -0.454 e. The van der Waals surface area contributed by atoms with Crippen molar-refractivity contribution in [1.82, 2.24) is 5.32 Å². The zero-order chi connectivity index (χ0) is 15.2. The number of halogens is 2. The Balaban J connectivity index is 2.08. The summed E-state index contributed by atoms with van der Waals surface area (Å²) >= 11 is 0. The second-order valence-corrected chi connectivity index (χ2v) is 4.95. The molecular formula is C17H19F2NO. The third kappa shape index (κ3) is 4.26. The molecule has 112 valence electrons. The third-order valence-electron chi connectivity index (χ3n) is 3.11. The van der Waals surface area contributed by atoms with Gasteiger partial charge < -0.3 is 10.1 Å². The SMILES string of the molecule is CCCNCc1ccc(Oc2ccc(F)c(C)c2)c(F)c1. The molecule has 0 amide bonds. The van der Waals surface area contributed by atoms with Crippen molar-refractivity contribution < 1.29 is 13.5 Å². The van der Waals surface area contributed by atoms with Gasteiger partial charge in [0.2, 0.25) is 0 Å². The highest BCUT2D eigenvalue weighted by molar-refractivity contribution is 5.36. The van der Waals surface area contributed by atoms with Crippen LogP contribution >= 0.6 is 0 Å². The normalized spacial score (nSPS) is 10.7. The Labute approximate surface area is 123 Å². The van der Waals surface area contributed by atoms with Gasteiger partial charge in [-0.05, 0) is 61.3 Å². The lowest BCUT2D eigenvalue weighted by atomic mass is 10.2. The highest BCUT2D eigenvalue weighted by atomic mass is 19.1. The predicted octanol–water partition coefficient (Wildman–Crippen LogP) is 4.57. The smallest absolute Gasteiger partial charge is 0.166 e. The van der Waals surface area contributed by atoms with Crippen LogP contribution in [0, 0.1) is 18.6 Å². The average molecular weight is 291 g/mol. The molecule has 2 rings (SSSR count). The molecule has 2 nitrogen and oxygen atoms in total. The molecule has 0 spiro atoms. The average Bonchev–Trinajstić information content (AvgIpc) is 2.46.